The predicted octanol–water partition coefficient (Wildman–Crippen LogP) is 3.98. The molecule has 1 nitrogen and oxygen atoms in total. The number of rotatable bonds is 2. The second kappa shape index (κ2) is 3.61. The quantitative estimate of drug-likeness (QED) is 0.781. The molecule has 1 fully saturated rings. The molecule has 1 heterocycles. The van der Waals surface area contributed by atoms with Gasteiger partial charge in [-0.25, -0.2) is 4.39 Å². The van der Waals surface area contributed by atoms with Crippen LogP contribution in [0.4, 0.5) is 4.39 Å². The lowest BCUT2D eigenvalue weighted by atomic mass is 10.1. The van der Waals surface area contributed by atoms with Gasteiger partial charge in [-0.2, -0.15) is 0 Å². The van der Waals surface area contributed by atoms with Gasteiger partial charge in [-0.05, 0) is 40.8 Å². The Kier molecular flexibility index (Phi) is 2.60. The molecule has 1 aliphatic carbocycles. The van der Waals surface area contributed by atoms with E-state index < -0.39 is 0 Å². The highest BCUT2D eigenvalue weighted by Crippen LogP contribution is 2.42. The normalized spacial score (nSPS) is 16.4. The minimum absolute atomic E-state index is 0.153. The zero-order valence-electron chi connectivity index (χ0n) is 8.35. The van der Waals surface area contributed by atoms with Gasteiger partial charge in [0, 0.05) is 10.4 Å². The van der Waals surface area contributed by atoms with Crippen molar-refractivity contribution in [3.63, 3.8) is 0 Å². The van der Waals surface area contributed by atoms with Gasteiger partial charge in [0.2, 0.25) is 0 Å². The van der Waals surface area contributed by atoms with Crippen LogP contribution in [0.5, 0.6) is 0 Å². The van der Waals surface area contributed by atoms with Crippen molar-refractivity contribution in [3.05, 3.63) is 27.7 Å². The maximum Gasteiger partial charge on any atom is 0.146 e. The number of halogens is 2. The van der Waals surface area contributed by atoms with Crippen molar-refractivity contribution in [1.29, 1.82) is 0 Å². The van der Waals surface area contributed by atoms with E-state index in [1.807, 2.05) is 13.8 Å². The van der Waals surface area contributed by atoms with E-state index in [1.165, 1.54) is 12.8 Å². The number of hydrogen-bond donors (Lipinski definition) is 0. The first-order chi connectivity index (χ1) is 6.59. The van der Waals surface area contributed by atoms with Crippen LogP contribution in [0.3, 0.4) is 0 Å². The predicted molar refractivity (Wildman–Crippen MR) is 58.0 cm³/mol. The van der Waals surface area contributed by atoms with Crippen LogP contribution in [-0.2, 0) is 0 Å². The molecule has 1 aliphatic rings. The monoisotopic (exact) mass is 257 g/mol. The van der Waals surface area contributed by atoms with E-state index in [2.05, 4.69) is 20.9 Å². The van der Waals surface area contributed by atoms with E-state index in [0.717, 1.165) is 10.2 Å². The summed E-state index contributed by atoms with van der Waals surface area (Å²) in [6.45, 7) is 3.94. The van der Waals surface area contributed by atoms with E-state index in [9.17, 15) is 4.39 Å². The molecule has 1 aromatic rings. The van der Waals surface area contributed by atoms with Crippen LogP contribution in [0.25, 0.3) is 0 Å². The molecular weight excluding hydrogens is 245 g/mol. The minimum atomic E-state index is -0.198. The number of nitrogens with zero attached hydrogens (tertiary/aromatic N) is 1. The molecule has 0 spiro atoms. The summed E-state index contributed by atoms with van der Waals surface area (Å²) in [6, 6.07) is 1.55. The fourth-order valence-corrected chi connectivity index (χ4v) is 2.16. The third kappa shape index (κ3) is 1.83. The zero-order valence-corrected chi connectivity index (χ0v) is 9.94. The van der Waals surface area contributed by atoms with Crippen molar-refractivity contribution in [2.75, 3.05) is 0 Å². The summed E-state index contributed by atoms with van der Waals surface area (Å²) in [7, 11) is 0. The van der Waals surface area contributed by atoms with E-state index in [1.54, 1.807) is 6.07 Å². The Morgan fingerprint density at radius 2 is 2.14 bits per heavy atom. The number of hydrogen-bond acceptors (Lipinski definition) is 1. The third-order valence-corrected chi connectivity index (χ3v) is 3.13. The molecule has 0 bridgehead atoms. The summed E-state index contributed by atoms with van der Waals surface area (Å²) in [6.07, 6.45) is 2.38. The standard InChI is InChI=1S/C11H13BrFN/c1-6(2)10-9(13)5-8(12)11(14-10)7-3-4-7/h5-7H,3-4H2,1-2H3. The van der Waals surface area contributed by atoms with Gasteiger partial charge in [-0.15, -0.1) is 0 Å². The highest BCUT2D eigenvalue weighted by Gasteiger charge is 2.28. The van der Waals surface area contributed by atoms with Crippen molar-refractivity contribution in [2.24, 2.45) is 0 Å². The topological polar surface area (TPSA) is 12.9 Å². The number of aromatic nitrogens is 1. The lowest BCUT2D eigenvalue weighted by Gasteiger charge is -2.09. The van der Waals surface area contributed by atoms with Crippen LogP contribution in [0.1, 0.15) is 49.9 Å². The van der Waals surface area contributed by atoms with Gasteiger partial charge in [-0.3, -0.25) is 4.98 Å². The molecule has 14 heavy (non-hydrogen) atoms. The van der Waals surface area contributed by atoms with Crippen LogP contribution < -0.4 is 0 Å². The smallest absolute Gasteiger partial charge is 0.146 e. The molecule has 0 unspecified atom stereocenters. The summed E-state index contributed by atoms with van der Waals surface area (Å²) >= 11 is 3.37. The molecule has 0 amide bonds. The van der Waals surface area contributed by atoms with Gasteiger partial charge in [0.1, 0.15) is 5.82 Å². The first-order valence-corrected chi connectivity index (χ1v) is 5.74. The second-order valence-electron chi connectivity index (χ2n) is 4.15. The van der Waals surface area contributed by atoms with Crippen LogP contribution in [0.2, 0.25) is 0 Å². The van der Waals surface area contributed by atoms with Gasteiger partial charge in [0.15, 0.2) is 0 Å². The summed E-state index contributed by atoms with van der Waals surface area (Å²) in [4.78, 5) is 4.41. The summed E-state index contributed by atoms with van der Waals surface area (Å²) in [5, 5.41) is 0. The molecule has 0 saturated heterocycles. The fraction of sp³-hybridized carbons (Fsp3) is 0.545. The Labute approximate surface area is 91.9 Å². The first kappa shape index (κ1) is 10.1. The Hall–Kier alpha value is -0.440. The molecule has 2 rings (SSSR count). The van der Waals surface area contributed by atoms with E-state index in [4.69, 9.17) is 0 Å². The van der Waals surface area contributed by atoms with Crippen molar-refractivity contribution < 1.29 is 4.39 Å². The highest BCUT2D eigenvalue weighted by molar-refractivity contribution is 9.10. The van der Waals surface area contributed by atoms with E-state index in [0.29, 0.717) is 11.6 Å². The third-order valence-electron chi connectivity index (χ3n) is 2.49. The van der Waals surface area contributed by atoms with Crippen LogP contribution in [0.15, 0.2) is 10.5 Å². The average Bonchev–Trinajstić information content (AvgIpc) is 2.86. The largest absolute Gasteiger partial charge is 0.253 e. The number of pyridine rings is 1. The van der Waals surface area contributed by atoms with Crippen LogP contribution >= 0.6 is 15.9 Å². The molecule has 0 aliphatic heterocycles. The summed E-state index contributed by atoms with van der Waals surface area (Å²) in [5.74, 6) is 0.513. The average molecular weight is 258 g/mol. The molecule has 3 heteroatoms. The van der Waals surface area contributed by atoms with Gasteiger partial charge >= 0.3 is 0 Å². The van der Waals surface area contributed by atoms with Crippen molar-refractivity contribution in [2.45, 2.75) is 38.5 Å². The van der Waals surface area contributed by atoms with Gasteiger partial charge in [0.05, 0.1) is 11.4 Å². The minimum Gasteiger partial charge on any atom is -0.253 e. The summed E-state index contributed by atoms with van der Waals surface area (Å²) in [5.41, 5.74) is 1.63. The molecule has 1 aromatic heterocycles. The molecule has 76 valence electrons. The molecule has 1 saturated carbocycles. The zero-order chi connectivity index (χ0) is 10.3. The van der Waals surface area contributed by atoms with Crippen LogP contribution in [-0.4, -0.2) is 4.98 Å². The Balaban J connectivity index is 2.45. The molecular formula is C11H13BrFN. The summed E-state index contributed by atoms with van der Waals surface area (Å²) < 4.78 is 14.3. The molecule has 0 aromatic carbocycles. The lowest BCUT2D eigenvalue weighted by Crippen LogP contribution is -2.01. The first-order valence-electron chi connectivity index (χ1n) is 4.95. The SMILES string of the molecule is CC(C)c1nc(C2CC2)c(Br)cc1F. The van der Waals surface area contributed by atoms with E-state index in [-0.39, 0.29) is 11.7 Å². The van der Waals surface area contributed by atoms with Crippen molar-refractivity contribution in [3.8, 4) is 0 Å². The Morgan fingerprint density at radius 3 is 2.64 bits per heavy atom. The van der Waals surface area contributed by atoms with Crippen molar-refractivity contribution >= 4 is 15.9 Å². The maximum atomic E-state index is 13.5. The van der Waals surface area contributed by atoms with Gasteiger partial charge in [-0.1, -0.05) is 13.8 Å². The van der Waals surface area contributed by atoms with Crippen LogP contribution in [0, 0.1) is 5.82 Å². The Bertz CT molecular complexity index is 335. The van der Waals surface area contributed by atoms with Gasteiger partial charge < -0.3 is 0 Å². The molecule has 0 atom stereocenters. The van der Waals surface area contributed by atoms with E-state index >= 15 is 0 Å². The maximum absolute atomic E-state index is 13.5. The second-order valence-corrected chi connectivity index (χ2v) is 5.01. The lowest BCUT2D eigenvalue weighted by molar-refractivity contribution is 0.579. The fourth-order valence-electron chi connectivity index (χ4n) is 1.54. The van der Waals surface area contributed by atoms with Gasteiger partial charge in [0.25, 0.3) is 0 Å². The Morgan fingerprint density at radius 1 is 1.50 bits per heavy atom. The molecule has 0 N–H and O–H groups in total. The van der Waals surface area contributed by atoms with Crippen molar-refractivity contribution in [1.82, 2.24) is 4.98 Å². The highest BCUT2D eigenvalue weighted by atomic mass is 79.9. The molecule has 0 radical (unpaired) electrons.